The van der Waals surface area contributed by atoms with E-state index in [0.29, 0.717) is 32.4 Å². The van der Waals surface area contributed by atoms with Gasteiger partial charge in [-0.05, 0) is 38.4 Å². The van der Waals surface area contributed by atoms with Crippen LogP contribution < -0.4 is 5.32 Å². The fraction of sp³-hybridized carbons (Fsp3) is 0.533. The van der Waals surface area contributed by atoms with Crippen LogP contribution in [0.3, 0.4) is 0 Å². The first-order valence-corrected chi connectivity index (χ1v) is 6.82. The molecule has 0 atom stereocenters. The third-order valence-electron chi connectivity index (χ3n) is 4.20. The van der Waals surface area contributed by atoms with E-state index in [4.69, 9.17) is 0 Å². The van der Waals surface area contributed by atoms with Gasteiger partial charge in [0.05, 0.1) is 5.56 Å². The standard InChI is InChI=1S/C15H18F3NO/c1-2-14(7-9-19-10-8-14)13(20)11-5-3-4-6-12(11)15(16,17)18/h3-6,19H,2,7-10H2,1H3. The SMILES string of the molecule is CCC1(C(=O)c2ccccc2C(F)(F)F)CCNCC1. The Morgan fingerprint density at radius 1 is 1.25 bits per heavy atom. The van der Waals surface area contributed by atoms with Crippen molar-refractivity contribution in [3.63, 3.8) is 0 Å². The van der Waals surface area contributed by atoms with Crippen molar-refractivity contribution in [1.29, 1.82) is 0 Å². The Bertz CT molecular complexity index is 490. The van der Waals surface area contributed by atoms with Crippen molar-refractivity contribution in [2.75, 3.05) is 13.1 Å². The van der Waals surface area contributed by atoms with Gasteiger partial charge in [0.25, 0.3) is 0 Å². The summed E-state index contributed by atoms with van der Waals surface area (Å²) in [6, 6.07) is 5.09. The number of hydrogen-bond donors (Lipinski definition) is 1. The molecule has 1 N–H and O–H groups in total. The number of carbonyl (C=O) groups is 1. The highest BCUT2D eigenvalue weighted by atomic mass is 19.4. The number of Topliss-reactive ketones (excluding diaryl/α,β-unsaturated/α-hetero) is 1. The van der Waals surface area contributed by atoms with Gasteiger partial charge in [-0.1, -0.05) is 25.1 Å². The number of nitrogens with one attached hydrogen (secondary N) is 1. The molecule has 0 aliphatic carbocycles. The molecule has 0 aromatic heterocycles. The van der Waals surface area contributed by atoms with Crippen molar-refractivity contribution in [2.24, 2.45) is 5.41 Å². The van der Waals surface area contributed by atoms with Gasteiger partial charge in [0.1, 0.15) is 0 Å². The molecule has 0 spiro atoms. The topological polar surface area (TPSA) is 29.1 Å². The summed E-state index contributed by atoms with van der Waals surface area (Å²) in [6.45, 7) is 3.22. The summed E-state index contributed by atoms with van der Waals surface area (Å²) in [5.74, 6) is -0.366. The zero-order valence-corrected chi connectivity index (χ0v) is 11.4. The third-order valence-corrected chi connectivity index (χ3v) is 4.20. The van der Waals surface area contributed by atoms with E-state index in [2.05, 4.69) is 5.32 Å². The number of hydrogen-bond acceptors (Lipinski definition) is 2. The van der Waals surface area contributed by atoms with Gasteiger partial charge in [-0.3, -0.25) is 4.79 Å². The number of ketones is 1. The zero-order chi connectivity index (χ0) is 14.8. The summed E-state index contributed by atoms with van der Waals surface area (Å²) in [7, 11) is 0. The van der Waals surface area contributed by atoms with Gasteiger partial charge in [0.15, 0.2) is 5.78 Å². The lowest BCUT2D eigenvalue weighted by Crippen LogP contribution is -2.42. The maximum atomic E-state index is 13.0. The summed E-state index contributed by atoms with van der Waals surface area (Å²) in [6.07, 6.45) is -2.74. The fourth-order valence-corrected chi connectivity index (χ4v) is 2.86. The first kappa shape index (κ1) is 15.0. The molecular weight excluding hydrogens is 267 g/mol. The van der Waals surface area contributed by atoms with Crippen LogP contribution in [0.5, 0.6) is 0 Å². The van der Waals surface area contributed by atoms with Gasteiger partial charge in [-0.25, -0.2) is 0 Å². The van der Waals surface area contributed by atoms with Crippen LogP contribution in [0.15, 0.2) is 24.3 Å². The van der Waals surface area contributed by atoms with Crippen LogP contribution in [-0.2, 0) is 6.18 Å². The van der Waals surface area contributed by atoms with Crippen LogP contribution in [0, 0.1) is 5.41 Å². The van der Waals surface area contributed by atoms with Crippen LogP contribution in [0.2, 0.25) is 0 Å². The Morgan fingerprint density at radius 2 is 1.85 bits per heavy atom. The van der Waals surface area contributed by atoms with Gasteiger partial charge < -0.3 is 5.32 Å². The number of carbonyl (C=O) groups excluding carboxylic acids is 1. The lowest BCUT2D eigenvalue weighted by atomic mass is 9.70. The van der Waals surface area contributed by atoms with Gasteiger partial charge in [-0.2, -0.15) is 13.2 Å². The van der Waals surface area contributed by atoms with Crippen molar-refractivity contribution in [3.8, 4) is 0 Å². The minimum Gasteiger partial charge on any atom is -0.317 e. The Hall–Kier alpha value is -1.36. The molecule has 0 saturated carbocycles. The minimum absolute atomic E-state index is 0.191. The summed E-state index contributed by atoms with van der Waals surface area (Å²) in [4.78, 5) is 12.7. The molecule has 1 fully saturated rings. The summed E-state index contributed by atoms with van der Waals surface area (Å²) in [5.41, 5.74) is -1.67. The molecular formula is C15H18F3NO. The maximum absolute atomic E-state index is 13.0. The lowest BCUT2D eigenvalue weighted by molar-refractivity contribution is -0.138. The van der Waals surface area contributed by atoms with E-state index >= 15 is 0 Å². The number of halogens is 3. The zero-order valence-electron chi connectivity index (χ0n) is 11.4. The first-order valence-electron chi connectivity index (χ1n) is 6.82. The Balaban J connectivity index is 2.43. The molecule has 110 valence electrons. The van der Waals surface area contributed by atoms with E-state index in [1.54, 1.807) is 0 Å². The highest BCUT2D eigenvalue weighted by Gasteiger charge is 2.42. The van der Waals surface area contributed by atoms with Crippen LogP contribution in [0.4, 0.5) is 13.2 Å². The lowest BCUT2D eigenvalue weighted by Gasteiger charge is -2.36. The first-order chi connectivity index (χ1) is 9.41. The molecule has 2 nitrogen and oxygen atoms in total. The van der Waals surface area contributed by atoms with E-state index < -0.39 is 17.2 Å². The monoisotopic (exact) mass is 285 g/mol. The molecule has 1 aromatic carbocycles. The highest BCUT2D eigenvalue weighted by molar-refractivity contribution is 6.02. The number of benzene rings is 1. The number of rotatable bonds is 3. The molecule has 0 amide bonds. The molecule has 1 aliphatic rings. The highest BCUT2D eigenvalue weighted by Crippen LogP contribution is 2.40. The molecule has 1 aromatic rings. The molecule has 1 aliphatic heterocycles. The summed E-state index contributed by atoms with van der Waals surface area (Å²) >= 11 is 0. The van der Waals surface area contributed by atoms with Gasteiger partial charge in [0, 0.05) is 11.0 Å². The summed E-state index contributed by atoms with van der Waals surface area (Å²) in [5, 5.41) is 3.15. The second-order valence-electron chi connectivity index (χ2n) is 5.26. The normalized spacial score (nSPS) is 18.8. The van der Waals surface area contributed by atoms with Crippen molar-refractivity contribution >= 4 is 5.78 Å². The molecule has 1 heterocycles. The Morgan fingerprint density at radius 3 is 2.40 bits per heavy atom. The number of piperidine rings is 1. The van der Waals surface area contributed by atoms with E-state index in [9.17, 15) is 18.0 Å². The van der Waals surface area contributed by atoms with Crippen molar-refractivity contribution < 1.29 is 18.0 Å². The molecule has 20 heavy (non-hydrogen) atoms. The predicted octanol–water partition coefficient (Wildman–Crippen LogP) is 3.67. The predicted molar refractivity (Wildman–Crippen MR) is 70.6 cm³/mol. The molecule has 0 unspecified atom stereocenters. The second kappa shape index (κ2) is 5.56. The Labute approximate surface area is 116 Å². The van der Waals surface area contributed by atoms with Gasteiger partial charge >= 0.3 is 6.18 Å². The second-order valence-corrected chi connectivity index (χ2v) is 5.26. The molecule has 0 radical (unpaired) electrons. The largest absolute Gasteiger partial charge is 0.417 e. The molecule has 2 rings (SSSR count). The van der Waals surface area contributed by atoms with Crippen molar-refractivity contribution in [1.82, 2.24) is 5.32 Å². The Kier molecular flexibility index (Phi) is 4.18. The summed E-state index contributed by atoms with van der Waals surface area (Å²) < 4.78 is 39.1. The third kappa shape index (κ3) is 2.73. The van der Waals surface area contributed by atoms with Gasteiger partial charge in [-0.15, -0.1) is 0 Å². The average Bonchev–Trinajstić information content (AvgIpc) is 2.46. The molecule has 0 bridgehead atoms. The number of alkyl halides is 3. The fourth-order valence-electron chi connectivity index (χ4n) is 2.86. The van der Waals surface area contributed by atoms with Crippen LogP contribution >= 0.6 is 0 Å². The minimum atomic E-state index is -4.49. The average molecular weight is 285 g/mol. The van der Waals surface area contributed by atoms with E-state index in [-0.39, 0.29) is 11.3 Å². The molecule has 1 saturated heterocycles. The molecule has 5 heteroatoms. The van der Waals surface area contributed by atoms with Crippen LogP contribution in [0.25, 0.3) is 0 Å². The van der Waals surface area contributed by atoms with Crippen molar-refractivity contribution in [2.45, 2.75) is 32.4 Å². The smallest absolute Gasteiger partial charge is 0.317 e. The van der Waals surface area contributed by atoms with Gasteiger partial charge in [0.2, 0.25) is 0 Å². The van der Waals surface area contributed by atoms with E-state index in [0.717, 1.165) is 6.07 Å². The van der Waals surface area contributed by atoms with E-state index in [1.807, 2.05) is 6.92 Å². The maximum Gasteiger partial charge on any atom is 0.417 e. The van der Waals surface area contributed by atoms with Crippen LogP contribution in [-0.4, -0.2) is 18.9 Å². The quantitative estimate of drug-likeness (QED) is 0.859. The van der Waals surface area contributed by atoms with Crippen molar-refractivity contribution in [3.05, 3.63) is 35.4 Å². The van der Waals surface area contributed by atoms with Crippen LogP contribution in [0.1, 0.15) is 42.1 Å². The van der Waals surface area contributed by atoms with E-state index in [1.165, 1.54) is 18.2 Å².